The molecule has 0 spiro atoms. The van der Waals surface area contributed by atoms with Crippen molar-refractivity contribution in [2.24, 2.45) is 0 Å². The molecule has 180 valence electrons. The molecule has 0 fully saturated rings. The van der Waals surface area contributed by atoms with Gasteiger partial charge in [-0.15, -0.1) is 0 Å². The van der Waals surface area contributed by atoms with Crippen LogP contribution in [0.5, 0.6) is 5.75 Å². The highest BCUT2D eigenvalue weighted by Crippen LogP contribution is 2.38. The van der Waals surface area contributed by atoms with Gasteiger partial charge in [-0.3, -0.25) is 0 Å². The first-order chi connectivity index (χ1) is 18.8. The van der Waals surface area contributed by atoms with E-state index in [1.807, 2.05) is 42.5 Å². The summed E-state index contributed by atoms with van der Waals surface area (Å²) in [5, 5.41) is 13.0. The number of hydrogen-bond donors (Lipinski definition) is 1. The second kappa shape index (κ2) is 9.10. The average molecular weight is 488 g/mol. The zero-order valence-electron chi connectivity index (χ0n) is 20.8. The van der Waals surface area contributed by atoms with Crippen LogP contribution < -0.4 is 0 Å². The number of benzene rings is 6. The number of rotatable bonds is 4. The molecule has 0 saturated heterocycles. The van der Waals surface area contributed by atoms with Crippen molar-refractivity contribution < 1.29 is 5.11 Å². The van der Waals surface area contributed by atoms with Gasteiger partial charge in [-0.05, 0) is 70.3 Å². The van der Waals surface area contributed by atoms with E-state index in [-0.39, 0.29) is 5.75 Å². The summed E-state index contributed by atoms with van der Waals surface area (Å²) in [5.74, 6) is 0.289. The number of aromatic nitrogens is 1. The van der Waals surface area contributed by atoms with Crippen molar-refractivity contribution in [1.29, 1.82) is 0 Å². The third kappa shape index (κ3) is 3.75. The van der Waals surface area contributed by atoms with Gasteiger partial charge >= 0.3 is 0 Å². The van der Waals surface area contributed by atoms with Gasteiger partial charge in [-0.2, -0.15) is 0 Å². The van der Waals surface area contributed by atoms with Crippen LogP contribution in [0.2, 0.25) is 0 Å². The van der Waals surface area contributed by atoms with Gasteiger partial charge in [0.2, 0.25) is 0 Å². The van der Waals surface area contributed by atoms with Crippen LogP contribution in [-0.4, -0.2) is 9.67 Å². The molecule has 0 bridgehead atoms. The lowest BCUT2D eigenvalue weighted by Gasteiger charge is -2.11. The van der Waals surface area contributed by atoms with E-state index in [0.29, 0.717) is 0 Å². The van der Waals surface area contributed by atoms with Gasteiger partial charge in [-0.1, -0.05) is 103 Å². The van der Waals surface area contributed by atoms with Crippen LogP contribution in [0.25, 0.3) is 60.9 Å². The van der Waals surface area contributed by atoms with E-state index < -0.39 is 0 Å². The second-order valence-corrected chi connectivity index (χ2v) is 9.60. The molecule has 0 aliphatic carbocycles. The molecule has 7 aromatic rings. The highest BCUT2D eigenvalue weighted by atomic mass is 16.3. The number of aromatic hydroxyl groups is 1. The molecule has 0 atom stereocenters. The first-order valence-corrected chi connectivity index (χ1v) is 12.8. The molecule has 0 radical (unpaired) electrons. The monoisotopic (exact) mass is 487 g/mol. The molecule has 2 nitrogen and oxygen atoms in total. The Balaban J connectivity index is 1.36. The zero-order valence-corrected chi connectivity index (χ0v) is 20.8. The molecule has 1 N–H and O–H groups in total. The molecular formula is C36H25NO. The normalized spacial score (nSPS) is 11.3. The molecule has 7 rings (SSSR count). The lowest BCUT2D eigenvalue weighted by molar-refractivity contribution is 0.477. The van der Waals surface area contributed by atoms with Crippen molar-refractivity contribution in [1.82, 2.24) is 4.57 Å². The Bertz CT molecular complexity index is 1900. The van der Waals surface area contributed by atoms with Crippen molar-refractivity contribution in [2.45, 2.75) is 0 Å². The lowest BCUT2D eigenvalue weighted by atomic mass is 9.97. The number of phenolic OH excluding ortho intramolecular Hbond substituents is 1. The fourth-order valence-corrected chi connectivity index (χ4v) is 5.43. The first kappa shape index (κ1) is 22.1. The van der Waals surface area contributed by atoms with Crippen LogP contribution in [0.1, 0.15) is 0 Å². The van der Waals surface area contributed by atoms with Crippen LogP contribution in [0.4, 0.5) is 0 Å². The average Bonchev–Trinajstić information content (AvgIpc) is 3.32. The van der Waals surface area contributed by atoms with Crippen molar-refractivity contribution in [3.05, 3.63) is 146 Å². The van der Waals surface area contributed by atoms with Crippen LogP contribution in [-0.2, 0) is 0 Å². The maximum absolute atomic E-state index is 10.6. The van der Waals surface area contributed by atoms with Crippen LogP contribution in [0.3, 0.4) is 0 Å². The molecule has 0 saturated carbocycles. The summed E-state index contributed by atoms with van der Waals surface area (Å²) in [5.41, 5.74) is 9.96. The maximum atomic E-state index is 10.6. The number of hydrogen-bond acceptors (Lipinski definition) is 1. The molecule has 0 unspecified atom stereocenters. The first-order valence-electron chi connectivity index (χ1n) is 12.8. The fraction of sp³-hybridized carbons (Fsp3) is 0. The van der Waals surface area contributed by atoms with E-state index in [1.165, 1.54) is 32.9 Å². The Morgan fingerprint density at radius 3 is 1.71 bits per heavy atom. The van der Waals surface area contributed by atoms with Crippen molar-refractivity contribution in [2.75, 3.05) is 0 Å². The Morgan fingerprint density at radius 1 is 0.395 bits per heavy atom. The van der Waals surface area contributed by atoms with E-state index in [0.717, 1.165) is 27.9 Å². The van der Waals surface area contributed by atoms with Crippen molar-refractivity contribution in [3.63, 3.8) is 0 Å². The Morgan fingerprint density at radius 2 is 0.947 bits per heavy atom. The smallest absolute Gasteiger partial charge is 0.123 e. The van der Waals surface area contributed by atoms with Gasteiger partial charge in [0.15, 0.2) is 0 Å². The minimum absolute atomic E-state index is 0.289. The quantitative estimate of drug-likeness (QED) is 0.263. The molecular weight excluding hydrogens is 462 g/mol. The molecule has 0 aliphatic heterocycles. The predicted molar refractivity (Wildman–Crippen MR) is 159 cm³/mol. The number of para-hydroxylation sites is 1. The SMILES string of the molecule is Oc1ccc(-c2ccc3c(c2)c2ccccc2n3-c2ccc(-c3ccccc3)cc2)cc1-c1ccccc1. The summed E-state index contributed by atoms with van der Waals surface area (Å²) in [6, 6.07) is 50.4. The summed E-state index contributed by atoms with van der Waals surface area (Å²) < 4.78 is 2.34. The van der Waals surface area contributed by atoms with Gasteiger partial charge in [-0.25, -0.2) is 0 Å². The van der Waals surface area contributed by atoms with E-state index in [1.54, 1.807) is 6.07 Å². The van der Waals surface area contributed by atoms with Crippen LogP contribution in [0, 0.1) is 0 Å². The Kier molecular flexibility index (Phi) is 5.30. The minimum Gasteiger partial charge on any atom is -0.507 e. The van der Waals surface area contributed by atoms with Crippen molar-refractivity contribution in [3.8, 4) is 44.8 Å². The number of nitrogens with zero attached hydrogens (tertiary/aromatic N) is 1. The summed E-state index contributed by atoms with van der Waals surface area (Å²) in [7, 11) is 0. The number of phenols is 1. The topological polar surface area (TPSA) is 25.2 Å². The molecule has 38 heavy (non-hydrogen) atoms. The maximum Gasteiger partial charge on any atom is 0.123 e. The van der Waals surface area contributed by atoms with Crippen molar-refractivity contribution >= 4 is 21.8 Å². The highest BCUT2D eigenvalue weighted by molar-refractivity contribution is 6.10. The van der Waals surface area contributed by atoms with E-state index in [4.69, 9.17) is 0 Å². The number of fused-ring (bicyclic) bond motifs is 3. The van der Waals surface area contributed by atoms with Gasteiger partial charge in [0, 0.05) is 22.0 Å². The third-order valence-corrected chi connectivity index (χ3v) is 7.32. The summed E-state index contributed by atoms with van der Waals surface area (Å²) in [4.78, 5) is 0. The summed E-state index contributed by atoms with van der Waals surface area (Å²) in [6.07, 6.45) is 0. The Hall–Kier alpha value is -5.08. The van der Waals surface area contributed by atoms with Gasteiger partial charge in [0.05, 0.1) is 11.0 Å². The molecule has 2 heteroatoms. The third-order valence-electron chi connectivity index (χ3n) is 7.32. The molecule has 0 aliphatic rings. The van der Waals surface area contributed by atoms with Crippen LogP contribution >= 0.6 is 0 Å². The predicted octanol–water partition coefficient (Wildman–Crippen LogP) is 9.49. The molecule has 1 aromatic heterocycles. The zero-order chi connectivity index (χ0) is 25.5. The standard InChI is InChI=1S/C36H25NO/c38-36-22-18-29(23-32(36)27-11-5-2-6-12-27)28-17-21-35-33(24-28)31-13-7-8-14-34(31)37(35)30-19-15-26(16-20-30)25-9-3-1-4-10-25/h1-24,38H. The van der Waals surface area contributed by atoms with E-state index >= 15 is 0 Å². The molecule has 1 heterocycles. The summed E-state index contributed by atoms with van der Waals surface area (Å²) >= 11 is 0. The van der Waals surface area contributed by atoms with E-state index in [2.05, 4.69) is 102 Å². The lowest BCUT2D eigenvalue weighted by Crippen LogP contribution is -1.93. The summed E-state index contributed by atoms with van der Waals surface area (Å²) in [6.45, 7) is 0. The fourth-order valence-electron chi connectivity index (χ4n) is 5.43. The molecule has 6 aromatic carbocycles. The van der Waals surface area contributed by atoms with Gasteiger partial charge in [0.25, 0.3) is 0 Å². The van der Waals surface area contributed by atoms with E-state index in [9.17, 15) is 5.11 Å². The Labute approximate surface area is 221 Å². The van der Waals surface area contributed by atoms with Crippen LogP contribution in [0.15, 0.2) is 146 Å². The minimum atomic E-state index is 0.289. The molecule has 0 amide bonds. The second-order valence-electron chi connectivity index (χ2n) is 9.60. The van der Waals surface area contributed by atoms with Gasteiger partial charge < -0.3 is 9.67 Å². The van der Waals surface area contributed by atoms with Gasteiger partial charge in [0.1, 0.15) is 5.75 Å². The largest absolute Gasteiger partial charge is 0.507 e. The highest BCUT2D eigenvalue weighted by Gasteiger charge is 2.14.